The number of carbonyl (C=O) groups is 4. The predicted molar refractivity (Wildman–Crippen MR) is 33.1 cm³/mol. The molecular weight excluding hydrogens is 190 g/mol. The van der Waals surface area contributed by atoms with Crippen molar-refractivity contribution >= 4 is 23.5 Å². The second-order valence-electron chi connectivity index (χ2n) is 1.79. The van der Waals surface area contributed by atoms with Crippen LogP contribution in [0.3, 0.4) is 0 Å². The van der Waals surface area contributed by atoms with Gasteiger partial charge in [-0.25, -0.2) is 18.4 Å². The van der Waals surface area contributed by atoms with Crippen LogP contribution in [0.4, 0.5) is 8.78 Å². The van der Waals surface area contributed by atoms with E-state index >= 15 is 0 Å². The zero-order chi connectivity index (χ0) is 10.4. The largest absolute Gasteiger partial charge is 0.385 e. The summed E-state index contributed by atoms with van der Waals surface area (Å²) in [5.74, 6) is -6.84. The van der Waals surface area contributed by atoms with Crippen molar-refractivity contribution in [1.82, 2.24) is 0 Å². The molecule has 0 aliphatic rings. The summed E-state index contributed by atoms with van der Waals surface area (Å²) in [5, 5.41) is 0. The number of Topliss-reactive ketones (excluding diaryl/α,β-unsaturated/α-hetero) is 2. The number of alkyl halides is 2. The van der Waals surface area contributed by atoms with Gasteiger partial charge in [-0.1, -0.05) is 0 Å². The fourth-order valence-corrected chi connectivity index (χ4v) is 0.307. The minimum absolute atomic E-state index is 1.61. The lowest BCUT2D eigenvalue weighted by atomic mass is 10.4. The standard InChI is InChI=1S/C6H4F2O5/c7-1-3(9)5(11)13-6(12)4(10)2-8/h1-2H2. The predicted octanol–water partition coefficient (Wildman–Crippen LogP) is -0.867. The van der Waals surface area contributed by atoms with Gasteiger partial charge >= 0.3 is 11.9 Å². The molecule has 0 heterocycles. The van der Waals surface area contributed by atoms with Crippen LogP contribution in [0.5, 0.6) is 0 Å². The Bertz CT molecular complexity index is 234. The molecule has 0 aliphatic carbocycles. The van der Waals surface area contributed by atoms with E-state index in [9.17, 15) is 28.0 Å². The van der Waals surface area contributed by atoms with Gasteiger partial charge in [0.2, 0.25) is 0 Å². The lowest BCUT2D eigenvalue weighted by molar-refractivity contribution is -0.167. The molecule has 0 amide bonds. The third-order valence-electron chi connectivity index (χ3n) is 0.883. The molecule has 0 N–H and O–H groups in total. The fraction of sp³-hybridized carbons (Fsp3) is 0.333. The summed E-state index contributed by atoms with van der Waals surface area (Å²) >= 11 is 0. The highest BCUT2D eigenvalue weighted by Gasteiger charge is 2.23. The van der Waals surface area contributed by atoms with Crippen molar-refractivity contribution in [2.24, 2.45) is 0 Å². The molecule has 0 aromatic carbocycles. The highest BCUT2D eigenvalue weighted by Crippen LogP contribution is 1.87. The Morgan fingerprint density at radius 1 is 0.846 bits per heavy atom. The Morgan fingerprint density at radius 2 is 1.15 bits per heavy atom. The van der Waals surface area contributed by atoms with E-state index in [4.69, 9.17) is 0 Å². The van der Waals surface area contributed by atoms with E-state index in [1.54, 1.807) is 0 Å². The maximum absolute atomic E-state index is 11.4. The van der Waals surface area contributed by atoms with E-state index in [0.29, 0.717) is 0 Å². The van der Waals surface area contributed by atoms with Crippen molar-refractivity contribution in [1.29, 1.82) is 0 Å². The molecular formula is C6H4F2O5. The van der Waals surface area contributed by atoms with E-state index in [1.807, 2.05) is 0 Å². The zero-order valence-electron chi connectivity index (χ0n) is 6.21. The number of carbonyl (C=O) groups excluding carboxylic acids is 4. The van der Waals surface area contributed by atoms with E-state index < -0.39 is 36.9 Å². The highest BCUT2D eigenvalue weighted by atomic mass is 19.1. The monoisotopic (exact) mass is 194 g/mol. The summed E-state index contributed by atoms with van der Waals surface area (Å²) < 4.78 is 26.4. The number of hydrogen-bond donors (Lipinski definition) is 0. The minimum atomic E-state index is -1.81. The number of esters is 2. The fourth-order valence-electron chi connectivity index (χ4n) is 0.307. The van der Waals surface area contributed by atoms with Gasteiger partial charge in [0.25, 0.3) is 11.6 Å². The van der Waals surface area contributed by atoms with Gasteiger partial charge in [0.1, 0.15) is 0 Å². The lowest BCUT2D eigenvalue weighted by Gasteiger charge is -1.96. The van der Waals surface area contributed by atoms with Crippen LogP contribution in [0.15, 0.2) is 0 Å². The smallest absolute Gasteiger partial charge is 0.381 e. The zero-order valence-corrected chi connectivity index (χ0v) is 6.21. The summed E-state index contributed by atoms with van der Waals surface area (Å²) in [5.41, 5.74) is 0. The molecule has 0 aromatic heterocycles. The second-order valence-corrected chi connectivity index (χ2v) is 1.79. The maximum atomic E-state index is 11.4. The highest BCUT2D eigenvalue weighted by molar-refractivity contribution is 6.42. The van der Waals surface area contributed by atoms with Gasteiger partial charge in [0.05, 0.1) is 0 Å². The number of ether oxygens (including phenoxy) is 1. The third-order valence-corrected chi connectivity index (χ3v) is 0.883. The average molecular weight is 194 g/mol. The van der Waals surface area contributed by atoms with Crippen molar-refractivity contribution in [2.45, 2.75) is 0 Å². The molecule has 72 valence electrons. The van der Waals surface area contributed by atoms with Crippen molar-refractivity contribution in [3.8, 4) is 0 Å². The Labute approximate surface area is 70.7 Å². The Morgan fingerprint density at radius 3 is 1.38 bits per heavy atom. The van der Waals surface area contributed by atoms with Gasteiger partial charge < -0.3 is 4.74 Å². The molecule has 7 heteroatoms. The van der Waals surface area contributed by atoms with E-state index in [2.05, 4.69) is 4.74 Å². The van der Waals surface area contributed by atoms with Gasteiger partial charge in [0, 0.05) is 0 Å². The van der Waals surface area contributed by atoms with E-state index in [-0.39, 0.29) is 0 Å². The van der Waals surface area contributed by atoms with Gasteiger partial charge in [-0.2, -0.15) is 0 Å². The van der Waals surface area contributed by atoms with Gasteiger partial charge in [-0.15, -0.1) is 0 Å². The molecule has 0 spiro atoms. The molecule has 0 unspecified atom stereocenters. The Hall–Kier alpha value is -1.66. The first-order valence-corrected chi connectivity index (χ1v) is 2.97. The second kappa shape index (κ2) is 5.07. The van der Waals surface area contributed by atoms with Crippen LogP contribution >= 0.6 is 0 Å². The average Bonchev–Trinajstić information content (AvgIpc) is 2.14. The van der Waals surface area contributed by atoms with E-state index in [1.165, 1.54) is 0 Å². The van der Waals surface area contributed by atoms with Crippen LogP contribution in [0.2, 0.25) is 0 Å². The van der Waals surface area contributed by atoms with Crippen LogP contribution < -0.4 is 0 Å². The summed E-state index contributed by atoms with van der Waals surface area (Å²) in [4.78, 5) is 40.9. The quantitative estimate of drug-likeness (QED) is 0.330. The molecule has 0 saturated heterocycles. The Kier molecular flexibility index (Phi) is 4.42. The third kappa shape index (κ3) is 3.50. The summed E-state index contributed by atoms with van der Waals surface area (Å²) in [7, 11) is 0. The molecule has 0 rings (SSSR count). The van der Waals surface area contributed by atoms with Crippen molar-refractivity contribution < 1.29 is 32.7 Å². The summed E-state index contributed by atoms with van der Waals surface area (Å²) in [6, 6.07) is 0. The number of halogens is 2. The van der Waals surface area contributed by atoms with Gasteiger partial charge in [0.15, 0.2) is 13.3 Å². The number of hydrogen-bond acceptors (Lipinski definition) is 5. The molecule has 0 saturated carbocycles. The molecule has 0 aliphatic heterocycles. The van der Waals surface area contributed by atoms with Gasteiger partial charge in [-0.3, -0.25) is 9.59 Å². The molecule has 0 bridgehead atoms. The molecule has 0 atom stereocenters. The van der Waals surface area contributed by atoms with Crippen LogP contribution in [0.1, 0.15) is 0 Å². The first-order valence-electron chi connectivity index (χ1n) is 2.97. The molecule has 13 heavy (non-hydrogen) atoms. The molecule has 5 nitrogen and oxygen atoms in total. The van der Waals surface area contributed by atoms with Crippen LogP contribution in [0.25, 0.3) is 0 Å². The van der Waals surface area contributed by atoms with Crippen molar-refractivity contribution in [3.63, 3.8) is 0 Å². The lowest BCUT2D eigenvalue weighted by Crippen LogP contribution is -2.27. The number of rotatable bonds is 4. The normalized spacial score (nSPS) is 9.08. The van der Waals surface area contributed by atoms with Crippen molar-refractivity contribution in [3.05, 3.63) is 0 Å². The first-order chi connectivity index (χ1) is 6.02. The maximum Gasteiger partial charge on any atom is 0.385 e. The van der Waals surface area contributed by atoms with Crippen LogP contribution in [-0.2, 0) is 23.9 Å². The van der Waals surface area contributed by atoms with Crippen LogP contribution in [0, 0.1) is 0 Å². The minimum Gasteiger partial charge on any atom is -0.381 e. The Balaban J connectivity index is 4.15. The molecule has 0 aromatic rings. The van der Waals surface area contributed by atoms with Crippen molar-refractivity contribution in [2.75, 3.05) is 13.3 Å². The van der Waals surface area contributed by atoms with Gasteiger partial charge in [-0.05, 0) is 0 Å². The first kappa shape index (κ1) is 11.3. The SMILES string of the molecule is O=C(CF)C(=O)OC(=O)C(=O)CF. The number of ketones is 2. The molecule has 0 fully saturated rings. The topological polar surface area (TPSA) is 77.5 Å². The van der Waals surface area contributed by atoms with Crippen LogP contribution in [-0.4, -0.2) is 36.9 Å². The summed E-state index contributed by atoms with van der Waals surface area (Å²) in [6.45, 7) is -3.29. The van der Waals surface area contributed by atoms with E-state index in [0.717, 1.165) is 0 Å². The summed E-state index contributed by atoms with van der Waals surface area (Å²) in [6.07, 6.45) is 0. The molecule has 0 radical (unpaired) electrons.